The highest BCUT2D eigenvalue weighted by molar-refractivity contribution is 6.33. The van der Waals surface area contributed by atoms with Crippen LogP contribution in [-0.2, 0) is 4.74 Å². The van der Waals surface area contributed by atoms with E-state index in [1.54, 1.807) is 12.1 Å². The van der Waals surface area contributed by atoms with Crippen LogP contribution in [0.3, 0.4) is 0 Å². The first-order chi connectivity index (χ1) is 8.25. The Hall–Kier alpha value is -1.26. The van der Waals surface area contributed by atoms with E-state index in [0.29, 0.717) is 17.3 Å². The molecule has 2 N–H and O–H groups in total. The van der Waals surface area contributed by atoms with E-state index in [1.165, 1.54) is 0 Å². The van der Waals surface area contributed by atoms with Crippen molar-refractivity contribution in [2.75, 3.05) is 18.5 Å². The number of carbonyl (C=O) groups is 1. The van der Waals surface area contributed by atoms with Crippen molar-refractivity contribution in [2.45, 2.75) is 18.9 Å². The van der Waals surface area contributed by atoms with Crippen molar-refractivity contribution in [3.8, 4) is 0 Å². The summed E-state index contributed by atoms with van der Waals surface area (Å²) >= 11 is 5.93. The maximum absolute atomic E-state index is 11.6. The van der Waals surface area contributed by atoms with E-state index < -0.39 is 0 Å². The predicted molar refractivity (Wildman–Crippen MR) is 67.4 cm³/mol. The number of anilines is 1. The van der Waals surface area contributed by atoms with E-state index in [4.69, 9.17) is 16.3 Å². The molecule has 5 heteroatoms. The predicted octanol–water partition coefficient (Wildman–Crippen LogP) is 2.64. The summed E-state index contributed by atoms with van der Waals surface area (Å²) in [6.07, 6.45) is 2.22. The Morgan fingerprint density at radius 2 is 2.29 bits per heavy atom. The fraction of sp³-hybridized carbons (Fsp3) is 0.417. The molecule has 0 saturated carbocycles. The lowest BCUT2D eigenvalue weighted by molar-refractivity contribution is 0.112. The van der Waals surface area contributed by atoms with E-state index in [1.807, 2.05) is 12.1 Å². The lowest BCUT2D eigenvalue weighted by atomic mass is 10.2. The highest BCUT2D eigenvalue weighted by Gasteiger charge is 2.16. The van der Waals surface area contributed by atoms with Crippen molar-refractivity contribution < 1.29 is 9.53 Å². The molecule has 1 fully saturated rings. The minimum Gasteiger partial charge on any atom is -0.376 e. The van der Waals surface area contributed by atoms with Gasteiger partial charge in [-0.3, -0.25) is 0 Å². The zero-order valence-corrected chi connectivity index (χ0v) is 10.2. The second kappa shape index (κ2) is 5.89. The van der Waals surface area contributed by atoms with Gasteiger partial charge < -0.3 is 15.4 Å². The summed E-state index contributed by atoms with van der Waals surface area (Å²) < 4.78 is 5.41. The molecule has 0 aromatic heterocycles. The summed E-state index contributed by atoms with van der Waals surface area (Å²) in [5, 5.41) is 5.99. The van der Waals surface area contributed by atoms with E-state index in [9.17, 15) is 4.79 Å². The summed E-state index contributed by atoms with van der Waals surface area (Å²) in [5.74, 6) is 0. The molecule has 0 unspecified atom stereocenters. The number of carbonyl (C=O) groups excluding carboxylic acids is 1. The second-order valence-electron chi connectivity index (χ2n) is 3.95. The number of benzene rings is 1. The Morgan fingerprint density at radius 3 is 3.00 bits per heavy atom. The average Bonchev–Trinajstić information content (AvgIpc) is 2.82. The quantitative estimate of drug-likeness (QED) is 0.871. The van der Waals surface area contributed by atoms with Gasteiger partial charge in [0.1, 0.15) is 0 Å². The number of amides is 2. The molecule has 1 aliphatic rings. The van der Waals surface area contributed by atoms with Crippen molar-refractivity contribution >= 4 is 23.3 Å². The van der Waals surface area contributed by atoms with Gasteiger partial charge in [-0.15, -0.1) is 0 Å². The summed E-state index contributed by atoms with van der Waals surface area (Å²) in [5.41, 5.74) is 0.610. The zero-order valence-electron chi connectivity index (χ0n) is 9.41. The summed E-state index contributed by atoms with van der Waals surface area (Å²) in [7, 11) is 0. The maximum Gasteiger partial charge on any atom is 0.319 e. The summed E-state index contributed by atoms with van der Waals surface area (Å²) in [6.45, 7) is 1.33. The third-order valence-corrected chi connectivity index (χ3v) is 2.97. The van der Waals surface area contributed by atoms with E-state index in [2.05, 4.69) is 10.6 Å². The van der Waals surface area contributed by atoms with Crippen LogP contribution in [0.15, 0.2) is 24.3 Å². The molecule has 2 rings (SSSR count). The SMILES string of the molecule is O=C(NC[C@H]1CCCO1)Nc1ccccc1Cl. The first-order valence-corrected chi connectivity index (χ1v) is 6.04. The minimum atomic E-state index is -0.256. The Bertz CT molecular complexity index is 392. The third-order valence-electron chi connectivity index (χ3n) is 2.64. The molecule has 0 bridgehead atoms. The lowest BCUT2D eigenvalue weighted by Gasteiger charge is -2.12. The third kappa shape index (κ3) is 3.61. The van der Waals surface area contributed by atoms with Crippen LogP contribution in [0.2, 0.25) is 5.02 Å². The van der Waals surface area contributed by atoms with Crippen LogP contribution < -0.4 is 10.6 Å². The number of hydrogen-bond donors (Lipinski definition) is 2. The molecule has 4 nitrogen and oxygen atoms in total. The van der Waals surface area contributed by atoms with Crippen LogP contribution in [0.1, 0.15) is 12.8 Å². The van der Waals surface area contributed by atoms with Crippen molar-refractivity contribution in [1.29, 1.82) is 0 Å². The monoisotopic (exact) mass is 254 g/mol. The summed E-state index contributed by atoms with van der Waals surface area (Å²) in [6, 6.07) is 6.87. The Balaban J connectivity index is 1.79. The number of rotatable bonds is 3. The van der Waals surface area contributed by atoms with Gasteiger partial charge in [0, 0.05) is 13.2 Å². The standard InChI is InChI=1S/C12H15ClN2O2/c13-10-5-1-2-6-11(10)15-12(16)14-8-9-4-3-7-17-9/h1-2,5-6,9H,3-4,7-8H2,(H2,14,15,16)/t9-/m1/s1. The molecule has 1 heterocycles. The fourth-order valence-electron chi connectivity index (χ4n) is 1.74. The Labute approximate surface area is 105 Å². The first kappa shape index (κ1) is 12.2. The molecule has 2 amide bonds. The highest BCUT2D eigenvalue weighted by Crippen LogP contribution is 2.20. The van der Waals surface area contributed by atoms with Crippen molar-refractivity contribution in [3.63, 3.8) is 0 Å². The molecule has 0 radical (unpaired) electrons. The van der Waals surface area contributed by atoms with Gasteiger partial charge in [0.15, 0.2) is 0 Å². The van der Waals surface area contributed by atoms with Gasteiger partial charge in [0.25, 0.3) is 0 Å². The van der Waals surface area contributed by atoms with Crippen molar-refractivity contribution in [3.05, 3.63) is 29.3 Å². The van der Waals surface area contributed by atoms with Crippen molar-refractivity contribution in [1.82, 2.24) is 5.32 Å². The normalized spacial score (nSPS) is 19.0. The van der Waals surface area contributed by atoms with Gasteiger partial charge in [0.05, 0.1) is 16.8 Å². The number of hydrogen-bond acceptors (Lipinski definition) is 2. The lowest BCUT2D eigenvalue weighted by Crippen LogP contribution is -2.35. The number of nitrogens with one attached hydrogen (secondary N) is 2. The molecule has 1 aliphatic heterocycles. The van der Waals surface area contributed by atoms with Gasteiger partial charge in [-0.05, 0) is 25.0 Å². The minimum absolute atomic E-state index is 0.145. The van der Waals surface area contributed by atoms with Gasteiger partial charge in [0.2, 0.25) is 0 Å². The second-order valence-corrected chi connectivity index (χ2v) is 4.36. The van der Waals surface area contributed by atoms with Crippen LogP contribution in [-0.4, -0.2) is 25.3 Å². The topological polar surface area (TPSA) is 50.4 Å². The van der Waals surface area contributed by atoms with Crippen LogP contribution in [0.4, 0.5) is 10.5 Å². The molecule has 1 saturated heterocycles. The van der Waals surface area contributed by atoms with Gasteiger partial charge in [-0.1, -0.05) is 23.7 Å². The maximum atomic E-state index is 11.6. The van der Waals surface area contributed by atoms with Crippen LogP contribution in [0.25, 0.3) is 0 Å². The molecule has 17 heavy (non-hydrogen) atoms. The largest absolute Gasteiger partial charge is 0.376 e. The van der Waals surface area contributed by atoms with Crippen LogP contribution in [0, 0.1) is 0 Å². The van der Waals surface area contributed by atoms with E-state index >= 15 is 0 Å². The Kier molecular flexibility index (Phi) is 4.23. The van der Waals surface area contributed by atoms with Gasteiger partial charge in [-0.2, -0.15) is 0 Å². The van der Waals surface area contributed by atoms with Crippen molar-refractivity contribution in [2.24, 2.45) is 0 Å². The number of halogens is 1. The highest BCUT2D eigenvalue weighted by atomic mass is 35.5. The molecule has 1 atom stereocenters. The Morgan fingerprint density at radius 1 is 1.47 bits per heavy atom. The fourth-order valence-corrected chi connectivity index (χ4v) is 1.92. The van der Waals surface area contributed by atoms with Gasteiger partial charge >= 0.3 is 6.03 Å². The van der Waals surface area contributed by atoms with Crippen LogP contribution >= 0.6 is 11.6 Å². The molecule has 1 aromatic carbocycles. The average molecular weight is 255 g/mol. The number of para-hydroxylation sites is 1. The first-order valence-electron chi connectivity index (χ1n) is 5.66. The smallest absolute Gasteiger partial charge is 0.319 e. The molecular formula is C12H15ClN2O2. The number of urea groups is 1. The zero-order chi connectivity index (χ0) is 12.1. The van der Waals surface area contributed by atoms with Crippen LogP contribution in [0.5, 0.6) is 0 Å². The molecule has 0 spiro atoms. The van der Waals surface area contributed by atoms with E-state index in [-0.39, 0.29) is 12.1 Å². The molecule has 92 valence electrons. The summed E-state index contributed by atoms with van der Waals surface area (Å²) in [4.78, 5) is 11.6. The molecule has 0 aliphatic carbocycles. The molecule has 1 aromatic rings. The number of ether oxygens (including phenoxy) is 1. The van der Waals surface area contributed by atoms with Gasteiger partial charge in [-0.25, -0.2) is 4.79 Å². The molecular weight excluding hydrogens is 240 g/mol. The van der Waals surface area contributed by atoms with E-state index in [0.717, 1.165) is 19.4 Å².